The number of hydrogen-bond acceptors (Lipinski definition) is 8. The maximum atomic E-state index is 6.73. The molecule has 1 fully saturated rings. The molecule has 6 rings (SSSR count). The molecule has 1 saturated heterocycles. The van der Waals surface area contributed by atoms with E-state index in [1.54, 1.807) is 6.07 Å². The van der Waals surface area contributed by atoms with E-state index in [2.05, 4.69) is 9.97 Å². The molecule has 0 spiro atoms. The van der Waals surface area contributed by atoms with Crippen molar-refractivity contribution in [2.45, 2.75) is 57.1 Å². The minimum atomic E-state index is -0.938. The summed E-state index contributed by atoms with van der Waals surface area (Å²) in [4.78, 5) is 8.25. The summed E-state index contributed by atoms with van der Waals surface area (Å²) in [6, 6.07) is 41.6. The van der Waals surface area contributed by atoms with Crippen LogP contribution in [0.15, 0.2) is 134 Å². The lowest BCUT2D eigenvalue weighted by atomic mass is 9.97. The molecule has 1 aromatic heterocycles. The van der Waals surface area contributed by atoms with E-state index in [1.807, 2.05) is 121 Å². The van der Waals surface area contributed by atoms with Crippen LogP contribution in [0.4, 0.5) is 0 Å². The number of ether oxygens (including phenoxy) is 6. The molecule has 242 valence electrons. The number of halogens is 1. The first-order valence-electron chi connectivity index (χ1n) is 15.6. The largest absolute Gasteiger partial charge is 0.445 e. The van der Waals surface area contributed by atoms with Crippen molar-refractivity contribution >= 4 is 11.6 Å². The van der Waals surface area contributed by atoms with Gasteiger partial charge in [0.25, 0.3) is 0 Å². The zero-order valence-electron chi connectivity index (χ0n) is 25.8. The molecule has 0 radical (unpaired) electrons. The molecule has 0 bridgehead atoms. The van der Waals surface area contributed by atoms with Crippen LogP contribution in [0.1, 0.15) is 22.3 Å². The fourth-order valence-corrected chi connectivity index (χ4v) is 5.49. The molecule has 0 saturated carbocycles. The smallest absolute Gasteiger partial charge is 0.231 e. The van der Waals surface area contributed by atoms with Crippen molar-refractivity contribution in [3.05, 3.63) is 161 Å². The van der Waals surface area contributed by atoms with E-state index < -0.39 is 30.7 Å². The van der Waals surface area contributed by atoms with Gasteiger partial charge in [0, 0.05) is 12.3 Å². The monoisotopic (exact) mass is 652 g/mol. The van der Waals surface area contributed by atoms with Crippen molar-refractivity contribution in [1.82, 2.24) is 9.97 Å². The zero-order valence-corrected chi connectivity index (χ0v) is 26.6. The van der Waals surface area contributed by atoms with Gasteiger partial charge >= 0.3 is 0 Å². The molecule has 1 aliphatic rings. The summed E-state index contributed by atoms with van der Waals surface area (Å²) in [7, 11) is 0. The van der Waals surface area contributed by atoms with E-state index >= 15 is 0 Å². The number of benzene rings is 4. The molecular weight excluding hydrogens is 616 g/mol. The summed E-state index contributed by atoms with van der Waals surface area (Å²) in [5.41, 5.74) is 4.08. The first-order valence-corrected chi connectivity index (χ1v) is 16.0. The third-order valence-corrected chi connectivity index (χ3v) is 7.86. The van der Waals surface area contributed by atoms with Crippen LogP contribution in [0, 0.1) is 0 Å². The van der Waals surface area contributed by atoms with E-state index in [4.69, 9.17) is 40.0 Å². The highest BCUT2D eigenvalue weighted by Crippen LogP contribution is 2.32. The van der Waals surface area contributed by atoms with Gasteiger partial charge in [-0.15, -0.1) is 0 Å². The van der Waals surface area contributed by atoms with Gasteiger partial charge in [0.15, 0.2) is 0 Å². The summed E-state index contributed by atoms with van der Waals surface area (Å²) in [6.45, 7) is 1.59. The number of aromatic nitrogens is 2. The van der Waals surface area contributed by atoms with Gasteiger partial charge in [-0.25, -0.2) is 4.98 Å². The molecule has 2 heterocycles. The van der Waals surface area contributed by atoms with Gasteiger partial charge in [0.05, 0.1) is 33.0 Å². The Labute approximate surface area is 280 Å². The molecule has 5 atom stereocenters. The molecule has 0 N–H and O–H groups in total. The molecule has 9 heteroatoms. The van der Waals surface area contributed by atoms with E-state index in [1.165, 1.54) is 6.20 Å². The van der Waals surface area contributed by atoms with Crippen molar-refractivity contribution in [2.24, 2.45) is 0 Å². The predicted molar refractivity (Wildman–Crippen MR) is 177 cm³/mol. The van der Waals surface area contributed by atoms with Gasteiger partial charge in [-0.05, 0) is 33.9 Å². The molecular formula is C38H37ClN2O6. The number of nitrogens with zero attached hydrogens (tertiary/aromatic N) is 2. The van der Waals surface area contributed by atoms with Crippen LogP contribution >= 0.6 is 11.6 Å². The third kappa shape index (κ3) is 9.68. The summed E-state index contributed by atoms with van der Waals surface area (Å²) in [5.74, 6) is 0.248. The average Bonchev–Trinajstić information content (AvgIpc) is 3.11. The van der Waals surface area contributed by atoms with Crippen LogP contribution in [0.2, 0.25) is 5.28 Å². The van der Waals surface area contributed by atoms with Crippen LogP contribution in [0.25, 0.3) is 0 Å². The fourth-order valence-electron chi connectivity index (χ4n) is 5.35. The second-order valence-electron chi connectivity index (χ2n) is 11.1. The van der Waals surface area contributed by atoms with Crippen LogP contribution in [-0.4, -0.2) is 47.3 Å². The van der Waals surface area contributed by atoms with E-state index in [0.717, 1.165) is 22.3 Å². The Morgan fingerprint density at radius 1 is 0.553 bits per heavy atom. The van der Waals surface area contributed by atoms with E-state index in [0.29, 0.717) is 26.4 Å². The van der Waals surface area contributed by atoms with Crippen LogP contribution < -0.4 is 4.74 Å². The summed E-state index contributed by atoms with van der Waals surface area (Å²) in [5, 5.41) is 0.0590. The average molecular weight is 653 g/mol. The molecule has 1 aliphatic heterocycles. The molecule has 5 aromatic rings. The van der Waals surface area contributed by atoms with Crippen LogP contribution in [-0.2, 0) is 50.1 Å². The van der Waals surface area contributed by atoms with Gasteiger partial charge in [-0.3, -0.25) is 0 Å². The Balaban J connectivity index is 1.32. The van der Waals surface area contributed by atoms with Crippen molar-refractivity contribution in [3.63, 3.8) is 0 Å². The number of rotatable bonds is 15. The highest BCUT2D eigenvalue weighted by molar-refractivity contribution is 6.28. The lowest BCUT2D eigenvalue weighted by Crippen LogP contribution is -2.62. The first-order chi connectivity index (χ1) is 23.2. The van der Waals surface area contributed by atoms with Gasteiger partial charge in [-0.2, -0.15) is 4.98 Å². The number of hydrogen-bond donors (Lipinski definition) is 0. The molecule has 4 aromatic carbocycles. The van der Waals surface area contributed by atoms with Crippen molar-refractivity contribution < 1.29 is 28.4 Å². The van der Waals surface area contributed by atoms with Crippen molar-refractivity contribution in [3.8, 4) is 5.88 Å². The van der Waals surface area contributed by atoms with Crippen LogP contribution in [0.5, 0.6) is 5.88 Å². The second kappa shape index (κ2) is 17.1. The Hall–Kier alpha value is -4.15. The molecule has 0 amide bonds. The van der Waals surface area contributed by atoms with Gasteiger partial charge < -0.3 is 28.4 Å². The molecule has 47 heavy (non-hydrogen) atoms. The molecule has 0 unspecified atom stereocenters. The normalized spacial score (nSPS) is 20.9. The van der Waals surface area contributed by atoms with Gasteiger partial charge in [-0.1, -0.05) is 121 Å². The first kappa shape index (κ1) is 32.8. The van der Waals surface area contributed by atoms with Crippen molar-refractivity contribution in [2.75, 3.05) is 6.61 Å². The summed E-state index contributed by atoms with van der Waals surface area (Å²) < 4.78 is 39.3. The van der Waals surface area contributed by atoms with Crippen molar-refractivity contribution in [1.29, 1.82) is 0 Å². The van der Waals surface area contributed by atoms with E-state index in [9.17, 15) is 0 Å². The van der Waals surface area contributed by atoms with Gasteiger partial charge in [0.2, 0.25) is 17.5 Å². The Kier molecular flexibility index (Phi) is 11.9. The van der Waals surface area contributed by atoms with Gasteiger partial charge in [0.1, 0.15) is 24.4 Å². The summed E-state index contributed by atoms with van der Waals surface area (Å²) in [6.07, 6.45) is -1.91. The summed E-state index contributed by atoms with van der Waals surface area (Å²) >= 11 is 6.13. The fraction of sp³-hybridized carbons (Fsp3) is 0.263. The maximum Gasteiger partial charge on any atom is 0.231 e. The minimum Gasteiger partial charge on any atom is -0.445 e. The zero-order chi connectivity index (χ0) is 32.1. The Morgan fingerprint density at radius 3 is 1.53 bits per heavy atom. The lowest BCUT2D eigenvalue weighted by Gasteiger charge is -2.45. The Bertz CT molecular complexity index is 1620. The molecule has 8 nitrogen and oxygen atoms in total. The SMILES string of the molecule is Clc1nccc(O[C@@H]2O[C@H](COCc3ccccc3)[C@@H](OCc3ccccc3)[C@H](OCc3ccccc3)[C@H]2OCc2ccccc2)n1. The van der Waals surface area contributed by atoms with E-state index in [-0.39, 0.29) is 17.8 Å². The minimum absolute atomic E-state index is 0.0590. The lowest BCUT2D eigenvalue weighted by molar-refractivity contribution is -0.310. The van der Waals surface area contributed by atoms with Crippen LogP contribution in [0.3, 0.4) is 0 Å². The second-order valence-corrected chi connectivity index (χ2v) is 11.4. The topological polar surface area (TPSA) is 81.2 Å². The quantitative estimate of drug-likeness (QED) is 0.110. The molecule has 0 aliphatic carbocycles. The maximum absolute atomic E-state index is 6.73. The highest BCUT2D eigenvalue weighted by atomic mass is 35.5. The standard InChI is InChI=1S/C38H37ClN2O6/c39-38-40-22-21-33(41-38)47-37-36(45-26-31-19-11-4-12-20-31)35(44-25-30-17-9-3-10-18-30)34(43-24-29-15-7-2-8-16-29)32(46-37)27-42-23-28-13-5-1-6-14-28/h1-22,32,34-37H,23-27H2/t32-,34-,35+,36-,37+/m1/s1. The Morgan fingerprint density at radius 2 is 1.02 bits per heavy atom. The highest BCUT2D eigenvalue weighted by Gasteiger charge is 2.50. The predicted octanol–water partition coefficient (Wildman–Crippen LogP) is 7.21. The third-order valence-electron chi connectivity index (χ3n) is 7.68.